The summed E-state index contributed by atoms with van der Waals surface area (Å²) >= 11 is 0. The van der Waals surface area contributed by atoms with Crippen LogP contribution < -0.4 is 9.47 Å². The SMILES string of the molecule is CCCc1cc(OC)c(COc2ccc3c(c2)CCC(CN2CC(C(=O)O)C2)=C3C)cc1O. The largest absolute Gasteiger partial charge is 0.508 e. The van der Waals surface area contributed by atoms with E-state index in [1.165, 1.54) is 22.3 Å². The smallest absolute Gasteiger partial charge is 0.309 e. The van der Waals surface area contributed by atoms with E-state index in [1.54, 1.807) is 13.2 Å². The van der Waals surface area contributed by atoms with Crippen LogP contribution in [0.2, 0.25) is 0 Å². The number of carbonyl (C=O) groups is 1. The van der Waals surface area contributed by atoms with Crippen LogP contribution in [0.4, 0.5) is 0 Å². The van der Waals surface area contributed by atoms with Gasteiger partial charge in [-0.15, -0.1) is 0 Å². The van der Waals surface area contributed by atoms with Crippen molar-refractivity contribution < 1.29 is 24.5 Å². The number of ether oxygens (including phenoxy) is 2. The van der Waals surface area contributed by atoms with E-state index < -0.39 is 5.97 Å². The van der Waals surface area contributed by atoms with E-state index in [-0.39, 0.29) is 11.7 Å². The molecule has 0 saturated carbocycles. The summed E-state index contributed by atoms with van der Waals surface area (Å²) < 4.78 is 11.6. The molecule has 0 bridgehead atoms. The van der Waals surface area contributed by atoms with E-state index in [9.17, 15) is 9.90 Å². The molecular formula is C27H33NO5. The average Bonchev–Trinajstić information content (AvgIpc) is 2.77. The molecule has 1 aliphatic heterocycles. The summed E-state index contributed by atoms with van der Waals surface area (Å²) in [6, 6.07) is 9.86. The number of carboxylic acid groups (broad SMARTS) is 1. The molecule has 2 aromatic rings. The summed E-state index contributed by atoms with van der Waals surface area (Å²) in [4.78, 5) is 13.3. The number of rotatable bonds is 9. The molecule has 2 aliphatic rings. The first-order valence-electron chi connectivity index (χ1n) is 11.7. The van der Waals surface area contributed by atoms with Crippen LogP contribution in [-0.2, 0) is 24.2 Å². The molecule has 0 spiro atoms. The third kappa shape index (κ3) is 5.01. The van der Waals surface area contributed by atoms with Gasteiger partial charge in [0.1, 0.15) is 23.9 Å². The lowest BCUT2D eigenvalue weighted by atomic mass is 9.85. The first kappa shape index (κ1) is 23.2. The normalized spacial score (nSPS) is 16.3. The van der Waals surface area contributed by atoms with Crippen molar-refractivity contribution in [2.45, 2.75) is 46.1 Å². The number of phenolic OH excluding ortho intramolecular Hbond substituents is 1. The molecule has 0 radical (unpaired) electrons. The number of fused-ring (bicyclic) bond motifs is 1. The molecule has 1 aliphatic carbocycles. The number of likely N-dealkylation sites (tertiary alicyclic amines) is 1. The van der Waals surface area contributed by atoms with Gasteiger partial charge in [0, 0.05) is 25.2 Å². The van der Waals surface area contributed by atoms with Gasteiger partial charge in [-0.1, -0.05) is 25.0 Å². The van der Waals surface area contributed by atoms with Gasteiger partial charge in [-0.3, -0.25) is 9.69 Å². The minimum Gasteiger partial charge on any atom is -0.508 e. The van der Waals surface area contributed by atoms with Gasteiger partial charge < -0.3 is 19.7 Å². The number of allylic oxidation sites excluding steroid dienone is 1. The number of hydrogen-bond acceptors (Lipinski definition) is 5. The van der Waals surface area contributed by atoms with Crippen molar-refractivity contribution in [2.75, 3.05) is 26.7 Å². The van der Waals surface area contributed by atoms with Crippen molar-refractivity contribution in [1.82, 2.24) is 4.90 Å². The maximum atomic E-state index is 11.0. The van der Waals surface area contributed by atoms with Crippen molar-refractivity contribution in [1.29, 1.82) is 0 Å². The molecule has 1 fully saturated rings. The van der Waals surface area contributed by atoms with Crippen LogP contribution in [0.25, 0.3) is 5.57 Å². The Hall–Kier alpha value is -2.99. The standard InChI is InChI=1S/C27H33NO5/c1-4-5-19-12-26(32-3)21(11-25(19)29)16-33-23-8-9-24-17(2)20(7-6-18(24)10-23)13-28-14-22(15-28)27(30)31/h8-12,22,29H,4-7,13-16H2,1-3H3,(H,30,31). The van der Waals surface area contributed by atoms with Gasteiger partial charge in [0.05, 0.1) is 13.0 Å². The summed E-state index contributed by atoms with van der Waals surface area (Å²) in [5.41, 5.74) is 6.92. The molecular weight excluding hydrogens is 418 g/mol. The number of nitrogens with zero attached hydrogens (tertiary/aromatic N) is 1. The number of benzene rings is 2. The number of methoxy groups -OCH3 is 1. The fourth-order valence-corrected chi connectivity index (χ4v) is 4.81. The predicted octanol–water partition coefficient (Wildman–Crippen LogP) is 4.67. The Morgan fingerprint density at radius 1 is 1.15 bits per heavy atom. The average molecular weight is 452 g/mol. The predicted molar refractivity (Wildman–Crippen MR) is 128 cm³/mol. The highest BCUT2D eigenvalue weighted by Crippen LogP contribution is 2.35. The van der Waals surface area contributed by atoms with Crippen molar-refractivity contribution in [2.24, 2.45) is 5.92 Å². The van der Waals surface area contributed by atoms with Gasteiger partial charge in [-0.05, 0) is 72.7 Å². The Balaban J connectivity index is 1.43. The molecule has 0 unspecified atom stereocenters. The zero-order valence-electron chi connectivity index (χ0n) is 19.7. The van der Waals surface area contributed by atoms with Crippen LogP contribution in [0.5, 0.6) is 17.2 Å². The monoisotopic (exact) mass is 451 g/mol. The molecule has 2 aromatic carbocycles. The number of aliphatic carboxylic acids is 1. The Morgan fingerprint density at radius 3 is 2.64 bits per heavy atom. The third-order valence-corrected chi connectivity index (χ3v) is 6.82. The molecule has 1 saturated heterocycles. The Morgan fingerprint density at radius 2 is 1.94 bits per heavy atom. The molecule has 0 atom stereocenters. The maximum absolute atomic E-state index is 11.0. The van der Waals surface area contributed by atoms with Crippen LogP contribution in [0.15, 0.2) is 35.9 Å². The molecule has 2 N–H and O–H groups in total. The maximum Gasteiger partial charge on any atom is 0.309 e. The lowest BCUT2D eigenvalue weighted by Crippen LogP contribution is -2.50. The quantitative estimate of drug-likeness (QED) is 0.577. The summed E-state index contributed by atoms with van der Waals surface area (Å²) in [5.74, 6) is 0.907. The highest BCUT2D eigenvalue weighted by molar-refractivity contribution is 5.73. The van der Waals surface area contributed by atoms with Crippen LogP contribution in [0.1, 0.15) is 48.9 Å². The summed E-state index contributed by atoms with van der Waals surface area (Å²) in [6.07, 6.45) is 3.70. The molecule has 1 heterocycles. The van der Waals surface area contributed by atoms with Crippen LogP contribution in [0, 0.1) is 5.92 Å². The van der Waals surface area contributed by atoms with E-state index >= 15 is 0 Å². The van der Waals surface area contributed by atoms with E-state index in [4.69, 9.17) is 14.6 Å². The van der Waals surface area contributed by atoms with Crippen LogP contribution in [0.3, 0.4) is 0 Å². The van der Waals surface area contributed by atoms with E-state index in [0.29, 0.717) is 19.7 Å². The highest BCUT2D eigenvalue weighted by atomic mass is 16.5. The molecule has 6 nitrogen and oxygen atoms in total. The molecule has 33 heavy (non-hydrogen) atoms. The fourth-order valence-electron chi connectivity index (χ4n) is 4.81. The molecule has 176 valence electrons. The zero-order valence-corrected chi connectivity index (χ0v) is 19.7. The van der Waals surface area contributed by atoms with Crippen molar-refractivity contribution in [3.63, 3.8) is 0 Å². The second kappa shape index (κ2) is 9.87. The van der Waals surface area contributed by atoms with Gasteiger partial charge in [0.2, 0.25) is 0 Å². The first-order valence-corrected chi connectivity index (χ1v) is 11.7. The van der Waals surface area contributed by atoms with Gasteiger partial charge in [-0.2, -0.15) is 0 Å². The lowest BCUT2D eigenvalue weighted by Gasteiger charge is -2.38. The number of hydrogen-bond donors (Lipinski definition) is 2. The van der Waals surface area contributed by atoms with E-state index in [2.05, 4.69) is 30.9 Å². The topological polar surface area (TPSA) is 79.2 Å². The lowest BCUT2D eigenvalue weighted by molar-refractivity contribution is -0.147. The Bertz CT molecular complexity index is 1070. The number of phenols is 1. The van der Waals surface area contributed by atoms with Crippen molar-refractivity contribution in [3.05, 3.63) is 58.2 Å². The van der Waals surface area contributed by atoms with Gasteiger partial charge in [0.25, 0.3) is 0 Å². The zero-order chi connectivity index (χ0) is 23.5. The minimum absolute atomic E-state index is 0.218. The van der Waals surface area contributed by atoms with Crippen molar-refractivity contribution in [3.8, 4) is 17.2 Å². The second-order valence-electron chi connectivity index (χ2n) is 9.11. The highest BCUT2D eigenvalue weighted by Gasteiger charge is 2.33. The van der Waals surface area contributed by atoms with Crippen molar-refractivity contribution >= 4 is 11.5 Å². The van der Waals surface area contributed by atoms with Gasteiger partial charge >= 0.3 is 5.97 Å². The summed E-state index contributed by atoms with van der Waals surface area (Å²) in [5, 5.41) is 19.4. The van der Waals surface area contributed by atoms with Gasteiger partial charge in [0.15, 0.2) is 0 Å². The number of aryl methyl sites for hydroxylation is 2. The fraction of sp³-hybridized carbons (Fsp3) is 0.444. The van der Waals surface area contributed by atoms with E-state index in [1.807, 2.05) is 12.1 Å². The van der Waals surface area contributed by atoms with Crippen LogP contribution >= 0.6 is 0 Å². The van der Waals surface area contributed by atoms with Gasteiger partial charge in [-0.25, -0.2) is 0 Å². The van der Waals surface area contributed by atoms with E-state index in [0.717, 1.165) is 54.9 Å². The third-order valence-electron chi connectivity index (χ3n) is 6.82. The summed E-state index contributed by atoms with van der Waals surface area (Å²) in [7, 11) is 1.64. The second-order valence-corrected chi connectivity index (χ2v) is 9.11. The molecule has 4 rings (SSSR count). The van der Waals surface area contributed by atoms with Crippen LogP contribution in [-0.4, -0.2) is 47.8 Å². The Labute approximate surface area is 195 Å². The molecule has 6 heteroatoms. The minimum atomic E-state index is -0.691. The Kier molecular flexibility index (Phi) is 6.94. The molecule has 0 aromatic heterocycles. The number of carboxylic acids is 1. The first-order chi connectivity index (χ1) is 15.9. The number of aromatic hydroxyl groups is 1. The summed E-state index contributed by atoms with van der Waals surface area (Å²) in [6.45, 7) is 6.70. The molecule has 0 amide bonds.